The lowest BCUT2D eigenvalue weighted by Gasteiger charge is -2.62. The van der Waals surface area contributed by atoms with E-state index in [1.54, 1.807) is 18.2 Å². The van der Waals surface area contributed by atoms with E-state index in [1.807, 2.05) is 29.2 Å². The highest BCUT2D eigenvalue weighted by atomic mass is 79.9. The van der Waals surface area contributed by atoms with Crippen molar-refractivity contribution in [3.8, 4) is 5.75 Å². The van der Waals surface area contributed by atoms with Gasteiger partial charge in [-0.3, -0.25) is 14.3 Å². The predicted molar refractivity (Wildman–Crippen MR) is 169 cm³/mol. The SMILES string of the molecule is O=CCC1(N2CCC(N3CCOCC3)CC2)CC(N2CCc3ccccc3NC2=O)CC[N@+]1(Cc1ccc(O)c(Br)c1)C(=O)[O-]. The Labute approximate surface area is 272 Å². The van der Waals surface area contributed by atoms with Crippen molar-refractivity contribution in [3.05, 3.63) is 58.1 Å². The van der Waals surface area contributed by atoms with Crippen LogP contribution in [0.2, 0.25) is 0 Å². The number of nitrogens with zero attached hydrogens (tertiary/aromatic N) is 4. The lowest BCUT2D eigenvalue weighted by molar-refractivity contribution is -0.956. The molecule has 6 rings (SSSR count). The second kappa shape index (κ2) is 13.4. The fraction of sp³-hybridized carbons (Fsp3) is 0.545. The van der Waals surface area contributed by atoms with Crippen LogP contribution in [0, 0.1) is 0 Å². The number of carboxylic acid groups (broad SMARTS) is 1. The van der Waals surface area contributed by atoms with Crippen molar-refractivity contribution in [2.24, 2.45) is 0 Å². The number of likely N-dealkylation sites (tertiary alicyclic amines) is 2. The quantitative estimate of drug-likeness (QED) is 0.337. The maximum Gasteiger partial charge on any atom is 0.322 e. The van der Waals surface area contributed by atoms with Gasteiger partial charge in [-0.2, -0.15) is 0 Å². The number of anilines is 1. The number of fused-ring (bicyclic) bond motifs is 1. The molecule has 4 aliphatic rings. The summed E-state index contributed by atoms with van der Waals surface area (Å²) in [5.74, 6) is 0.0648. The summed E-state index contributed by atoms with van der Waals surface area (Å²) in [6.45, 7) is 5.24. The molecular weight excluding hydrogens is 642 g/mol. The molecule has 0 spiro atoms. The number of ether oxygens (including phenoxy) is 1. The number of hydrogen-bond acceptors (Lipinski definition) is 8. The van der Waals surface area contributed by atoms with E-state index < -0.39 is 16.2 Å². The first-order valence-corrected chi connectivity index (χ1v) is 16.8. The van der Waals surface area contributed by atoms with Crippen LogP contribution in [-0.4, -0.2) is 113 Å². The Morgan fingerprint density at radius 2 is 1.84 bits per heavy atom. The van der Waals surface area contributed by atoms with Gasteiger partial charge in [0.1, 0.15) is 18.6 Å². The molecule has 242 valence electrons. The minimum Gasteiger partial charge on any atom is -0.507 e. The fourth-order valence-electron chi connectivity index (χ4n) is 8.26. The molecule has 2 N–H and O–H groups in total. The maximum atomic E-state index is 13.6. The highest BCUT2D eigenvalue weighted by molar-refractivity contribution is 9.10. The summed E-state index contributed by atoms with van der Waals surface area (Å²) in [7, 11) is 0. The number of quaternary nitrogens is 1. The standard InChI is InChI=1S/C33H42BrN5O6/c34-28-21-24(5-6-30(28)41)23-39(32(43)44)17-10-27(38-14-7-25-3-1-2-4-29(25)35-31(38)42)22-33(39,11-18-40)37-12-8-26(9-13-37)36-15-19-45-20-16-36/h1-6,18,21,26-27H,7-17,19-20,22-23H2,(H2-,35,41,42,43,44)/t27?,33?,39-/m0/s1. The molecule has 2 aromatic rings. The minimum atomic E-state index is -1.23. The van der Waals surface area contributed by atoms with Crippen LogP contribution in [0.15, 0.2) is 46.9 Å². The molecule has 12 heteroatoms. The van der Waals surface area contributed by atoms with Crippen molar-refractivity contribution in [1.82, 2.24) is 14.7 Å². The third kappa shape index (κ3) is 6.10. The Balaban J connectivity index is 1.36. The number of aldehydes is 1. The van der Waals surface area contributed by atoms with E-state index in [-0.39, 0.29) is 37.3 Å². The molecule has 0 aliphatic carbocycles. The molecule has 3 atom stereocenters. The van der Waals surface area contributed by atoms with Crippen molar-refractivity contribution in [3.63, 3.8) is 0 Å². The second-order valence-corrected chi connectivity index (χ2v) is 13.7. The smallest absolute Gasteiger partial charge is 0.322 e. The molecule has 0 saturated carbocycles. The molecule has 3 amide bonds. The molecule has 3 saturated heterocycles. The molecule has 0 aromatic heterocycles. The summed E-state index contributed by atoms with van der Waals surface area (Å²) < 4.78 is 5.59. The van der Waals surface area contributed by atoms with Crippen LogP contribution in [0.25, 0.3) is 0 Å². The van der Waals surface area contributed by atoms with E-state index in [4.69, 9.17) is 4.74 Å². The number of urea groups is 1. The number of morpholine rings is 1. The topological polar surface area (TPSA) is 125 Å². The predicted octanol–water partition coefficient (Wildman–Crippen LogP) is 3.15. The van der Waals surface area contributed by atoms with Gasteiger partial charge in [0.05, 0.1) is 30.7 Å². The third-order valence-electron chi connectivity index (χ3n) is 10.6. The number of rotatable bonds is 7. The molecular formula is C33H42BrN5O6. The van der Waals surface area contributed by atoms with Gasteiger partial charge in [-0.1, -0.05) is 18.2 Å². The summed E-state index contributed by atoms with van der Waals surface area (Å²) in [6, 6.07) is 12.7. The zero-order chi connectivity index (χ0) is 31.6. The van der Waals surface area contributed by atoms with Gasteiger partial charge >= 0.3 is 6.03 Å². The van der Waals surface area contributed by atoms with Crippen molar-refractivity contribution in [2.75, 3.05) is 57.8 Å². The number of carbonyl (C=O) groups excluding carboxylic acids is 3. The first kappa shape index (κ1) is 31.9. The summed E-state index contributed by atoms with van der Waals surface area (Å²) in [5.41, 5.74) is 1.43. The first-order valence-electron chi connectivity index (χ1n) is 16.0. The Kier molecular flexibility index (Phi) is 9.49. The van der Waals surface area contributed by atoms with Gasteiger partial charge < -0.3 is 34.8 Å². The van der Waals surface area contributed by atoms with Crippen LogP contribution in [0.3, 0.4) is 0 Å². The normalized spacial score (nSPS) is 28.6. The lowest BCUT2D eigenvalue weighted by atomic mass is 9.81. The van der Waals surface area contributed by atoms with Gasteiger partial charge in [0.25, 0.3) is 6.09 Å². The van der Waals surface area contributed by atoms with E-state index in [1.165, 1.54) is 0 Å². The maximum absolute atomic E-state index is 13.6. The summed E-state index contributed by atoms with van der Waals surface area (Å²) in [4.78, 5) is 46.4. The largest absolute Gasteiger partial charge is 0.507 e. The number of aromatic hydroxyl groups is 1. The molecule has 4 heterocycles. The third-order valence-corrected chi connectivity index (χ3v) is 11.3. The van der Waals surface area contributed by atoms with Crippen molar-refractivity contribution in [2.45, 2.75) is 62.8 Å². The molecule has 45 heavy (non-hydrogen) atoms. The van der Waals surface area contributed by atoms with Crippen LogP contribution < -0.4 is 10.4 Å². The summed E-state index contributed by atoms with van der Waals surface area (Å²) >= 11 is 3.38. The minimum absolute atomic E-state index is 0.00532. The van der Waals surface area contributed by atoms with Crippen LogP contribution >= 0.6 is 15.9 Å². The summed E-state index contributed by atoms with van der Waals surface area (Å²) in [6.07, 6.45) is 2.76. The molecule has 0 bridgehead atoms. The lowest BCUT2D eigenvalue weighted by Crippen LogP contribution is -2.80. The highest BCUT2D eigenvalue weighted by Gasteiger charge is 2.61. The number of amides is 3. The number of phenols is 1. The number of phenolic OH excluding ortho intramolecular Hbond substituents is 1. The Morgan fingerprint density at radius 3 is 2.56 bits per heavy atom. The molecule has 2 unspecified atom stereocenters. The molecule has 3 fully saturated rings. The van der Waals surface area contributed by atoms with Gasteiger partial charge in [0.15, 0.2) is 5.66 Å². The number of carbonyl (C=O) groups is 3. The van der Waals surface area contributed by atoms with Crippen LogP contribution in [-0.2, 0) is 22.5 Å². The van der Waals surface area contributed by atoms with Crippen LogP contribution in [0.5, 0.6) is 5.75 Å². The Bertz CT molecular complexity index is 1410. The van der Waals surface area contributed by atoms with E-state index in [9.17, 15) is 24.6 Å². The van der Waals surface area contributed by atoms with E-state index in [0.29, 0.717) is 68.2 Å². The summed E-state index contributed by atoms with van der Waals surface area (Å²) in [5, 5.41) is 26.8. The zero-order valence-corrected chi connectivity index (χ0v) is 27.1. The number of halogens is 1. The van der Waals surface area contributed by atoms with Crippen LogP contribution in [0.4, 0.5) is 15.3 Å². The van der Waals surface area contributed by atoms with E-state index in [2.05, 4.69) is 31.0 Å². The number of piperidine rings is 2. The monoisotopic (exact) mass is 683 g/mol. The first-order chi connectivity index (χ1) is 21.8. The second-order valence-electron chi connectivity index (χ2n) is 12.8. The Morgan fingerprint density at radius 1 is 1.09 bits per heavy atom. The van der Waals surface area contributed by atoms with Crippen LogP contribution in [0.1, 0.15) is 43.2 Å². The highest BCUT2D eigenvalue weighted by Crippen LogP contribution is 2.46. The molecule has 11 nitrogen and oxygen atoms in total. The number of nitrogens with one attached hydrogen (secondary N) is 1. The molecule has 4 aliphatic heterocycles. The number of benzene rings is 2. The van der Waals surface area contributed by atoms with Crippen molar-refractivity contribution in [1.29, 1.82) is 0 Å². The van der Waals surface area contributed by atoms with Gasteiger partial charge in [0, 0.05) is 68.9 Å². The molecule has 2 aromatic carbocycles. The van der Waals surface area contributed by atoms with Crippen molar-refractivity contribution >= 4 is 40.0 Å². The fourth-order valence-corrected chi connectivity index (χ4v) is 8.68. The van der Waals surface area contributed by atoms with Crippen molar-refractivity contribution < 1.29 is 33.8 Å². The van der Waals surface area contributed by atoms with Gasteiger partial charge in [0.2, 0.25) is 0 Å². The average molecular weight is 685 g/mol. The average Bonchev–Trinajstić information content (AvgIpc) is 3.22. The van der Waals surface area contributed by atoms with Gasteiger partial charge in [-0.25, -0.2) is 4.79 Å². The van der Waals surface area contributed by atoms with E-state index >= 15 is 0 Å². The van der Waals surface area contributed by atoms with Gasteiger partial charge in [-0.05, 0) is 65.0 Å². The number of hydrogen-bond donors (Lipinski definition) is 2. The zero-order valence-electron chi connectivity index (χ0n) is 25.5. The van der Waals surface area contributed by atoms with Gasteiger partial charge in [-0.15, -0.1) is 0 Å². The number of para-hydroxylation sites is 1. The molecule has 0 radical (unpaired) electrons. The Hall–Kier alpha value is -3.03. The van der Waals surface area contributed by atoms with E-state index in [0.717, 1.165) is 43.5 Å².